The van der Waals surface area contributed by atoms with Crippen LogP contribution >= 0.6 is 0 Å². The third-order valence-electron chi connectivity index (χ3n) is 3.02. The Morgan fingerprint density at radius 3 is 2.94 bits per heavy atom. The van der Waals surface area contributed by atoms with Crippen LogP contribution < -0.4 is 4.90 Å². The van der Waals surface area contributed by atoms with Crippen LogP contribution in [0.25, 0.3) is 0 Å². The lowest BCUT2D eigenvalue weighted by Crippen LogP contribution is -2.54. The molecule has 0 bridgehead atoms. The van der Waals surface area contributed by atoms with Crippen LogP contribution in [0.1, 0.15) is 19.4 Å². The van der Waals surface area contributed by atoms with Crippen molar-refractivity contribution in [1.29, 1.82) is 0 Å². The fourth-order valence-electron chi connectivity index (χ4n) is 2.39. The first-order valence-electron chi connectivity index (χ1n) is 6.14. The molecule has 2 heterocycles. The lowest BCUT2D eigenvalue weighted by atomic mass is 10.0. The van der Waals surface area contributed by atoms with E-state index in [0.717, 1.165) is 11.4 Å². The lowest BCUT2D eigenvalue weighted by molar-refractivity contribution is -0.101. The summed E-state index contributed by atoms with van der Waals surface area (Å²) in [5.74, 6) is 0.773. The molecular formula is C13H20N2O3. The molecule has 5 heteroatoms. The maximum absolute atomic E-state index is 9.35. The van der Waals surface area contributed by atoms with Crippen LogP contribution in [0.15, 0.2) is 18.3 Å². The molecule has 1 atom stereocenters. The molecule has 0 amide bonds. The van der Waals surface area contributed by atoms with Crippen molar-refractivity contribution >= 4 is 5.82 Å². The molecule has 0 radical (unpaired) electrons. The Morgan fingerprint density at radius 1 is 1.50 bits per heavy atom. The molecule has 1 aliphatic rings. The molecule has 5 nitrogen and oxygen atoms in total. The molecule has 1 unspecified atom stereocenters. The van der Waals surface area contributed by atoms with Gasteiger partial charge in [0.15, 0.2) is 0 Å². The minimum Gasteiger partial charge on any atom is -0.394 e. The van der Waals surface area contributed by atoms with Gasteiger partial charge in [-0.2, -0.15) is 0 Å². The summed E-state index contributed by atoms with van der Waals surface area (Å²) in [7, 11) is 0. The summed E-state index contributed by atoms with van der Waals surface area (Å²) in [6, 6.07) is 3.67. The number of morpholine rings is 1. The summed E-state index contributed by atoms with van der Waals surface area (Å²) in [6.45, 7) is 5.20. The van der Waals surface area contributed by atoms with E-state index in [1.165, 1.54) is 0 Å². The number of aliphatic hydroxyl groups is 2. The minimum absolute atomic E-state index is 0.0127. The van der Waals surface area contributed by atoms with E-state index in [2.05, 4.69) is 9.88 Å². The van der Waals surface area contributed by atoms with Gasteiger partial charge in [-0.3, -0.25) is 0 Å². The van der Waals surface area contributed by atoms with Crippen molar-refractivity contribution in [2.75, 3.05) is 24.6 Å². The second-order valence-electron chi connectivity index (χ2n) is 5.21. The molecule has 1 aromatic heterocycles. The average molecular weight is 252 g/mol. The van der Waals surface area contributed by atoms with Crippen molar-refractivity contribution in [1.82, 2.24) is 4.98 Å². The Bertz CT molecular complexity index is 409. The second-order valence-corrected chi connectivity index (χ2v) is 5.21. The highest BCUT2D eigenvalue weighted by Crippen LogP contribution is 2.26. The topological polar surface area (TPSA) is 65.8 Å². The summed E-state index contributed by atoms with van der Waals surface area (Å²) in [5.41, 5.74) is 0.461. The summed E-state index contributed by atoms with van der Waals surface area (Å²) in [5, 5.41) is 18.6. The van der Waals surface area contributed by atoms with Gasteiger partial charge < -0.3 is 19.8 Å². The van der Waals surface area contributed by atoms with Gasteiger partial charge in [0.2, 0.25) is 0 Å². The Labute approximate surface area is 107 Å². The number of aromatic nitrogens is 1. The Morgan fingerprint density at radius 2 is 2.28 bits per heavy atom. The van der Waals surface area contributed by atoms with E-state index in [9.17, 15) is 10.2 Å². The maximum Gasteiger partial charge on any atom is 0.134 e. The number of aliphatic hydroxyl groups excluding tert-OH is 2. The van der Waals surface area contributed by atoms with Crippen LogP contribution in [0.5, 0.6) is 0 Å². The minimum atomic E-state index is -0.337. The van der Waals surface area contributed by atoms with Crippen molar-refractivity contribution in [2.24, 2.45) is 0 Å². The van der Waals surface area contributed by atoms with Gasteiger partial charge in [-0.1, -0.05) is 6.07 Å². The van der Waals surface area contributed by atoms with Crippen LogP contribution in [0.4, 0.5) is 5.82 Å². The zero-order chi connectivity index (χ0) is 13.2. The normalized spacial score (nSPS) is 23.1. The molecule has 1 saturated heterocycles. The van der Waals surface area contributed by atoms with Crippen molar-refractivity contribution in [3.8, 4) is 0 Å². The maximum atomic E-state index is 9.35. The van der Waals surface area contributed by atoms with Crippen molar-refractivity contribution in [2.45, 2.75) is 32.2 Å². The van der Waals surface area contributed by atoms with Gasteiger partial charge in [0.05, 0.1) is 24.9 Å². The molecule has 0 aliphatic carbocycles. The fourth-order valence-corrected chi connectivity index (χ4v) is 2.39. The van der Waals surface area contributed by atoms with E-state index in [0.29, 0.717) is 13.1 Å². The molecule has 0 saturated carbocycles. The number of anilines is 1. The van der Waals surface area contributed by atoms with Crippen molar-refractivity contribution in [3.05, 3.63) is 23.9 Å². The van der Waals surface area contributed by atoms with E-state index in [1.54, 1.807) is 6.20 Å². The molecule has 1 fully saturated rings. The highest BCUT2D eigenvalue weighted by molar-refractivity contribution is 5.47. The number of rotatable bonds is 3. The predicted octanol–water partition coefficient (Wildman–Crippen LogP) is 0.550. The summed E-state index contributed by atoms with van der Waals surface area (Å²) in [4.78, 5) is 6.40. The fraction of sp³-hybridized carbons (Fsp3) is 0.615. The zero-order valence-electron chi connectivity index (χ0n) is 10.8. The van der Waals surface area contributed by atoms with Crippen LogP contribution in [0.2, 0.25) is 0 Å². The van der Waals surface area contributed by atoms with Gasteiger partial charge in [0.1, 0.15) is 5.82 Å². The summed E-state index contributed by atoms with van der Waals surface area (Å²) < 4.78 is 5.77. The Kier molecular flexibility index (Phi) is 3.85. The van der Waals surface area contributed by atoms with Crippen molar-refractivity contribution in [3.63, 3.8) is 0 Å². The highest BCUT2D eigenvalue weighted by Gasteiger charge is 2.34. The highest BCUT2D eigenvalue weighted by atomic mass is 16.5. The van der Waals surface area contributed by atoms with Crippen LogP contribution in [-0.2, 0) is 11.3 Å². The smallest absolute Gasteiger partial charge is 0.134 e. The molecule has 18 heavy (non-hydrogen) atoms. The molecule has 1 aliphatic heterocycles. The van der Waals surface area contributed by atoms with Crippen LogP contribution in [0.3, 0.4) is 0 Å². The monoisotopic (exact) mass is 252 g/mol. The third kappa shape index (κ3) is 2.80. The third-order valence-corrected chi connectivity index (χ3v) is 3.02. The average Bonchev–Trinajstić information content (AvgIpc) is 2.36. The quantitative estimate of drug-likeness (QED) is 0.822. The van der Waals surface area contributed by atoms with Gasteiger partial charge in [-0.15, -0.1) is 0 Å². The van der Waals surface area contributed by atoms with Crippen LogP contribution in [-0.4, -0.2) is 46.6 Å². The molecule has 1 aromatic rings. The van der Waals surface area contributed by atoms with E-state index in [1.807, 2.05) is 26.0 Å². The lowest BCUT2D eigenvalue weighted by Gasteiger charge is -2.43. The van der Waals surface area contributed by atoms with Gasteiger partial charge in [0, 0.05) is 24.8 Å². The van der Waals surface area contributed by atoms with Gasteiger partial charge >= 0.3 is 0 Å². The molecule has 100 valence electrons. The molecule has 0 aromatic carbocycles. The molecule has 2 N–H and O–H groups in total. The first-order chi connectivity index (χ1) is 8.55. The first-order valence-corrected chi connectivity index (χ1v) is 6.14. The van der Waals surface area contributed by atoms with E-state index in [4.69, 9.17) is 4.74 Å². The second kappa shape index (κ2) is 5.22. The SMILES string of the molecule is CC1(C)CN(c2ncccc2CO)CC(CO)O1. The number of hydrogen-bond acceptors (Lipinski definition) is 5. The molecule has 0 spiro atoms. The Hall–Kier alpha value is -1.17. The summed E-state index contributed by atoms with van der Waals surface area (Å²) in [6.07, 6.45) is 1.49. The van der Waals surface area contributed by atoms with Gasteiger partial charge in [-0.25, -0.2) is 4.98 Å². The number of hydrogen-bond donors (Lipinski definition) is 2. The van der Waals surface area contributed by atoms with Gasteiger partial charge in [0.25, 0.3) is 0 Å². The van der Waals surface area contributed by atoms with E-state index in [-0.39, 0.29) is 24.9 Å². The Balaban J connectivity index is 2.26. The van der Waals surface area contributed by atoms with Gasteiger partial charge in [-0.05, 0) is 19.9 Å². The predicted molar refractivity (Wildman–Crippen MR) is 68.4 cm³/mol. The number of nitrogens with zero attached hydrogens (tertiary/aromatic N) is 2. The standard InChI is InChI=1S/C13H20N2O3/c1-13(2)9-15(6-11(8-17)18-13)12-10(7-16)4-3-5-14-12/h3-5,11,16-17H,6-9H2,1-2H3. The summed E-state index contributed by atoms with van der Waals surface area (Å²) >= 11 is 0. The zero-order valence-corrected chi connectivity index (χ0v) is 10.8. The first kappa shape index (κ1) is 13.3. The van der Waals surface area contributed by atoms with E-state index >= 15 is 0 Å². The molecular weight excluding hydrogens is 232 g/mol. The number of pyridine rings is 1. The van der Waals surface area contributed by atoms with Crippen molar-refractivity contribution < 1.29 is 14.9 Å². The van der Waals surface area contributed by atoms with Crippen LogP contribution in [0, 0.1) is 0 Å². The number of ether oxygens (including phenoxy) is 1. The van der Waals surface area contributed by atoms with E-state index < -0.39 is 0 Å². The largest absolute Gasteiger partial charge is 0.394 e. The molecule has 2 rings (SSSR count).